The topological polar surface area (TPSA) is 42.7 Å². The lowest BCUT2D eigenvalue weighted by Gasteiger charge is -2.21. The van der Waals surface area contributed by atoms with Crippen molar-refractivity contribution in [3.8, 4) is 5.82 Å². The van der Waals surface area contributed by atoms with E-state index >= 15 is 0 Å². The number of nitrogens with one attached hydrogen (secondary N) is 1. The van der Waals surface area contributed by atoms with E-state index in [0.29, 0.717) is 0 Å². The minimum atomic E-state index is 0.0851. The molecule has 2 heterocycles. The van der Waals surface area contributed by atoms with E-state index in [1.165, 1.54) is 10.9 Å². The van der Waals surface area contributed by atoms with Crippen molar-refractivity contribution >= 4 is 10.8 Å². The highest BCUT2D eigenvalue weighted by molar-refractivity contribution is 5.90. The van der Waals surface area contributed by atoms with Gasteiger partial charge in [-0.1, -0.05) is 24.3 Å². The summed E-state index contributed by atoms with van der Waals surface area (Å²) in [6, 6.07) is 10.3. The Bertz CT molecular complexity index is 739. The Kier molecular flexibility index (Phi) is 3.47. The summed E-state index contributed by atoms with van der Waals surface area (Å²) < 4.78 is 1.81. The van der Waals surface area contributed by atoms with Crippen LogP contribution in [0.2, 0.25) is 0 Å². The molecule has 4 heteroatoms. The predicted molar refractivity (Wildman–Crippen MR) is 85.5 cm³/mol. The number of fused-ring (bicyclic) bond motifs is 1. The van der Waals surface area contributed by atoms with Crippen LogP contribution in [0.1, 0.15) is 26.3 Å². The smallest absolute Gasteiger partial charge is 0.161 e. The molecule has 108 valence electrons. The Morgan fingerprint density at radius 2 is 1.86 bits per heavy atom. The normalized spacial score (nSPS) is 12.0. The highest BCUT2D eigenvalue weighted by Crippen LogP contribution is 2.23. The molecule has 0 bridgehead atoms. The molecule has 4 nitrogen and oxygen atoms in total. The third-order valence-corrected chi connectivity index (χ3v) is 3.39. The molecule has 1 N–H and O–H groups in total. The summed E-state index contributed by atoms with van der Waals surface area (Å²) in [6.45, 7) is 7.30. The maximum atomic E-state index is 4.61. The van der Waals surface area contributed by atoms with E-state index in [2.05, 4.69) is 54.4 Å². The number of aromatic nitrogens is 3. The van der Waals surface area contributed by atoms with Crippen molar-refractivity contribution in [1.29, 1.82) is 0 Å². The zero-order chi connectivity index (χ0) is 14.9. The van der Waals surface area contributed by atoms with Gasteiger partial charge in [0.15, 0.2) is 5.82 Å². The SMILES string of the molecule is CC(C)(C)NCc1cnc(-n2cccn2)c2ccccc12. The van der Waals surface area contributed by atoms with Gasteiger partial charge >= 0.3 is 0 Å². The van der Waals surface area contributed by atoms with Crippen molar-refractivity contribution in [2.75, 3.05) is 0 Å². The molecule has 0 atom stereocenters. The molecule has 3 aromatic rings. The summed E-state index contributed by atoms with van der Waals surface area (Å²) in [5.41, 5.74) is 1.29. The van der Waals surface area contributed by atoms with Crippen LogP contribution in [-0.2, 0) is 6.54 Å². The maximum absolute atomic E-state index is 4.61. The summed E-state index contributed by atoms with van der Waals surface area (Å²) in [6.07, 6.45) is 5.63. The second-order valence-corrected chi connectivity index (χ2v) is 6.21. The van der Waals surface area contributed by atoms with E-state index in [1.54, 1.807) is 6.20 Å². The number of benzene rings is 1. The van der Waals surface area contributed by atoms with E-state index in [1.807, 2.05) is 29.2 Å². The van der Waals surface area contributed by atoms with Gasteiger partial charge in [-0.2, -0.15) is 5.10 Å². The lowest BCUT2D eigenvalue weighted by molar-refractivity contribution is 0.425. The fourth-order valence-electron chi connectivity index (χ4n) is 2.31. The zero-order valence-corrected chi connectivity index (χ0v) is 12.7. The first-order chi connectivity index (χ1) is 10.0. The van der Waals surface area contributed by atoms with Crippen molar-refractivity contribution in [2.24, 2.45) is 0 Å². The van der Waals surface area contributed by atoms with Gasteiger partial charge in [0.2, 0.25) is 0 Å². The van der Waals surface area contributed by atoms with Crippen LogP contribution in [-0.4, -0.2) is 20.3 Å². The molecule has 0 aliphatic rings. The third-order valence-electron chi connectivity index (χ3n) is 3.39. The molecule has 2 aromatic heterocycles. The number of rotatable bonds is 3. The first kappa shape index (κ1) is 13.8. The minimum Gasteiger partial charge on any atom is -0.308 e. The second kappa shape index (κ2) is 5.30. The van der Waals surface area contributed by atoms with Crippen LogP contribution in [0.5, 0.6) is 0 Å². The molecular weight excluding hydrogens is 260 g/mol. The van der Waals surface area contributed by atoms with Crippen molar-refractivity contribution in [2.45, 2.75) is 32.9 Å². The molecule has 1 aromatic carbocycles. The summed E-state index contributed by atoms with van der Waals surface area (Å²) >= 11 is 0. The molecule has 0 fully saturated rings. The molecule has 0 spiro atoms. The van der Waals surface area contributed by atoms with Crippen LogP contribution in [0.25, 0.3) is 16.6 Å². The van der Waals surface area contributed by atoms with Gasteiger partial charge < -0.3 is 5.32 Å². The molecule has 0 aliphatic carbocycles. The van der Waals surface area contributed by atoms with Gasteiger partial charge in [-0.15, -0.1) is 0 Å². The summed E-state index contributed by atoms with van der Waals surface area (Å²) in [4.78, 5) is 4.61. The summed E-state index contributed by atoms with van der Waals surface area (Å²) in [5, 5.41) is 10.1. The van der Waals surface area contributed by atoms with E-state index in [0.717, 1.165) is 17.7 Å². The van der Waals surface area contributed by atoms with Crippen LogP contribution in [0.15, 0.2) is 48.9 Å². The molecule has 0 saturated heterocycles. The van der Waals surface area contributed by atoms with Crippen LogP contribution >= 0.6 is 0 Å². The van der Waals surface area contributed by atoms with Gasteiger partial charge in [0, 0.05) is 36.1 Å². The number of hydrogen-bond acceptors (Lipinski definition) is 3. The highest BCUT2D eigenvalue weighted by Gasteiger charge is 2.12. The number of pyridine rings is 1. The van der Waals surface area contributed by atoms with Gasteiger partial charge in [-0.25, -0.2) is 9.67 Å². The minimum absolute atomic E-state index is 0.0851. The maximum Gasteiger partial charge on any atom is 0.161 e. The fraction of sp³-hybridized carbons (Fsp3) is 0.294. The van der Waals surface area contributed by atoms with Gasteiger partial charge in [0.25, 0.3) is 0 Å². The average molecular weight is 280 g/mol. The molecule has 0 unspecified atom stereocenters. The average Bonchev–Trinajstić information content (AvgIpc) is 2.97. The van der Waals surface area contributed by atoms with Crippen LogP contribution in [0.3, 0.4) is 0 Å². The van der Waals surface area contributed by atoms with Gasteiger partial charge in [0.05, 0.1) is 0 Å². The summed E-state index contributed by atoms with van der Waals surface area (Å²) in [7, 11) is 0. The lowest BCUT2D eigenvalue weighted by Crippen LogP contribution is -2.35. The van der Waals surface area contributed by atoms with E-state index < -0.39 is 0 Å². The van der Waals surface area contributed by atoms with Crippen molar-refractivity contribution in [1.82, 2.24) is 20.1 Å². The quantitative estimate of drug-likeness (QED) is 0.800. The third kappa shape index (κ3) is 2.95. The van der Waals surface area contributed by atoms with Crippen LogP contribution in [0.4, 0.5) is 0 Å². The highest BCUT2D eigenvalue weighted by atomic mass is 15.3. The van der Waals surface area contributed by atoms with Crippen molar-refractivity contribution < 1.29 is 0 Å². The molecule has 0 aliphatic heterocycles. The molecule has 0 radical (unpaired) electrons. The van der Waals surface area contributed by atoms with Gasteiger partial charge in [-0.3, -0.25) is 0 Å². The Balaban J connectivity index is 2.07. The van der Waals surface area contributed by atoms with E-state index in [-0.39, 0.29) is 5.54 Å². The van der Waals surface area contributed by atoms with Gasteiger partial charge in [0.1, 0.15) is 0 Å². The van der Waals surface area contributed by atoms with E-state index in [4.69, 9.17) is 0 Å². The Hall–Kier alpha value is -2.20. The first-order valence-electron chi connectivity index (χ1n) is 7.16. The Morgan fingerprint density at radius 3 is 2.52 bits per heavy atom. The number of hydrogen-bond donors (Lipinski definition) is 1. The molecular formula is C17H20N4. The number of nitrogens with zero attached hydrogens (tertiary/aromatic N) is 3. The lowest BCUT2D eigenvalue weighted by atomic mass is 10.0. The monoisotopic (exact) mass is 280 g/mol. The van der Waals surface area contributed by atoms with Crippen LogP contribution < -0.4 is 5.32 Å². The molecule has 0 saturated carbocycles. The van der Waals surface area contributed by atoms with Gasteiger partial charge in [-0.05, 0) is 37.8 Å². The predicted octanol–water partition coefficient (Wildman–Crippen LogP) is 3.31. The largest absolute Gasteiger partial charge is 0.308 e. The van der Waals surface area contributed by atoms with E-state index in [9.17, 15) is 0 Å². The molecule has 3 rings (SSSR count). The first-order valence-corrected chi connectivity index (χ1v) is 7.16. The standard InChI is InChI=1S/C17H20N4/c1-17(2,3)19-12-13-11-18-16(21-10-6-9-20-21)15-8-5-4-7-14(13)15/h4-11,19H,12H2,1-3H3. The fourth-order valence-corrected chi connectivity index (χ4v) is 2.31. The Labute approximate surface area is 124 Å². The Morgan fingerprint density at radius 1 is 1.10 bits per heavy atom. The second-order valence-electron chi connectivity index (χ2n) is 6.21. The zero-order valence-electron chi connectivity index (χ0n) is 12.7. The molecule has 21 heavy (non-hydrogen) atoms. The molecule has 0 amide bonds. The van der Waals surface area contributed by atoms with Crippen LogP contribution in [0, 0.1) is 0 Å². The summed E-state index contributed by atoms with van der Waals surface area (Å²) in [5.74, 6) is 0.870. The van der Waals surface area contributed by atoms with Crippen molar-refractivity contribution in [3.63, 3.8) is 0 Å². The van der Waals surface area contributed by atoms with Crippen molar-refractivity contribution in [3.05, 3.63) is 54.5 Å².